The number of hydrogen-bond acceptors (Lipinski definition) is 2. The van der Waals surface area contributed by atoms with Crippen molar-refractivity contribution in [1.82, 2.24) is 4.90 Å². The minimum atomic E-state index is -0.330. The SMILES string of the molecule is Cc1cccc(C(=O)N2CCC[C@H](C(=O)Nc3cccc(C(C)(C)C)c3)[C@@H]2c2ccccc2)c1. The van der Waals surface area contributed by atoms with Crippen LogP contribution < -0.4 is 5.32 Å². The van der Waals surface area contributed by atoms with Crippen LogP contribution in [0, 0.1) is 12.8 Å². The summed E-state index contributed by atoms with van der Waals surface area (Å²) in [6, 6.07) is 25.4. The molecule has 3 aromatic carbocycles. The lowest BCUT2D eigenvalue weighted by atomic mass is 9.83. The molecule has 1 N–H and O–H groups in total. The lowest BCUT2D eigenvalue weighted by Gasteiger charge is -2.41. The molecule has 1 fully saturated rings. The maximum atomic E-state index is 13.6. The van der Waals surface area contributed by atoms with E-state index in [4.69, 9.17) is 0 Å². The first kappa shape index (κ1) is 23.7. The predicted molar refractivity (Wildman–Crippen MR) is 138 cm³/mol. The number of amides is 2. The van der Waals surface area contributed by atoms with Gasteiger partial charge in [0.1, 0.15) is 0 Å². The summed E-state index contributed by atoms with van der Waals surface area (Å²) in [6.45, 7) is 9.11. The molecule has 1 heterocycles. The highest BCUT2D eigenvalue weighted by molar-refractivity contribution is 5.97. The first-order chi connectivity index (χ1) is 16.2. The standard InChI is InChI=1S/C30H34N2O2/c1-21-11-8-14-23(19-21)29(34)32-18-10-17-26(27(32)22-12-6-5-7-13-22)28(33)31-25-16-9-15-24(20-25)30(2,3)4/h5-9,11-16,19-20,26-27H,10,17-18H2,1-4H3,(H,31,33)/t26-,27-/m0/s1. The van der Waals surface area contributed by atoms with Crippen LogP contribution in [-0.4, -0.2) is 23.3 Å². The molecule has 0 radical (unpaired) electrons. The molecular formula is C30H34N2O2. The second kappa shape index (κ2) is 9.84. The van der Waals surface area contributed by atoms with Gasteiger partial charge in [-0.2, -0.15) is 0 Å². The van der Waals surface area contributed by atoms with E-state index in [0.29, 0.717) is 12.1 Å². The smallest absolute Gasteiger partial charge is 0.254 e. The summed E-state index contributed by atoms with van der Waals surface area (Å²) in [5.41, 5.74) is 4.67. The van der Waals surface area contributed by atoms with Crippen LogP contribution in [-0.2, 0) is 10.2 Å². The Labute approximate surface area is 203 Å². The number of nitrogens with one attached hydrogen (secondary N) is 1. The van der Waals surface area contributed by atoms with Crippen molar-refractivity contribution in [3.8, 4) is 0 Å². The van der Waals surface area contributed by atoms with Crippen LogP contribution in [0.3, 0.4) is 0 Å². The van der Waals surface area contributed by atoms with E-state index in [1.54, 1.807) is 0 Å². The molecule has 1 aliphatic rings. The molecule has 0 aliphatic carbocycles. The van der Waals surface area contributed by atoms with E-state index in [2.05, 4.69) is 32.2 Å². The third kappa shape index (κ3) is 5.22. The van der Waals surface area contributed by atoms with E-state index < -0.39 is 0 Å². The lowest BCUT2D eigenvalue weighted by Crippen LogP contribution is -2.46. The fraction of sp³-hybridized carbons (Fsp3) is 0.333. The number of carbonyl (C=O) groups is 2. The van der Waals surface area contributed by atoms with Crippen LogP contribution in [0.25, 0.3) is 0 Å². The highest BCUT2D eigenvalue weighted by atomic mass is 16.2. The summed E-state index contributed by atoms with van der Waals surface area (Å²) in [4.78, 5) is 29.1. The monoisotopic (exact) mass is 454 g/mol. The summed E-state index contributed by atoms with van der Waals surface area (Å²) >= 11 is 0. The number of benzene rings is 3. The molecular weight excluding hydrogens is 420 g/mol. The summed E-state index contributed by atoms with van der Waals surface area (Å²) in [6.07, 6.45) is 1.53. The van der Waals surface area contributed by atoms with Crippen molar-refractivity contribution in [2.24, 2.45) is 5.92 Å². The molecule has 2 amide bonds. The molecule has 3 aromatic rings. The van der Waals surface area contributed by atoms with Crippen molar-refractivity contribution in [3.05, 3.63) is 101 Å². The van der Waals surface area contributed by atoms with E-state index in [0.717, 1.165) is 29.7 Å². The highest BCUT2D eigenvalue weighted by Gasteiger charge is 2.39. The van der Waals surface area contributed by atoms with E-state index in [-0.39, 0.29) is 29.2 Å². The van der Waals surface area contributed by atoms with Gasteiger partial charge in [0.05, 0.1) is 12.0 Å². The Morgan fingerprint density at radius 1 is 0.912 bits per heavy atom. The number of carbonyl (C=O) groups excluding carboxylic acids is 2. The van der Waals surface area contributed by atoms with Gasteiger partial charge < -0.3 is 10.2 Å². The summed E-state index contributed by atoms with van der Waals surface area (Å²) < 4.78 is 0. The molecule has 34 heavy (non-hydrogen) atoms. The van der Waals surface area contributed by atoms with Gasteiger partial charge in [-0.25, -0.2) is 0 Å². The van der Waals surface area contributed by atoms with Crippen LogP contribution in [0.2, 0.25) is 0 Å². The second-order valence-electron chi connectivity index (χ2n) is 10.3. The quantitative estimate of drug-likeness (QED) is 0.487. The van der Waals surface area contributed by atoms with Gasteiger partial charge in [0.25, 0.3) is 5.91 Å². The topological polar surface area (TPSA) is 49.4 Å². The Bertz CT molecular complexity index is 1160. The van der Waals surface area contributed by atoms with Gasteiger partial charge in [-0.1, -0.05) is 80.9 Å². The molecule has 0 aromatic heterocycles. The number of hydrogen-bond donors (Lipinski definition) is 1. The van der Waals surface area contributed by atoms with Gasteiger partial charge in [-0.3, -0.25) is 9.59 Å². The van der Waals surface area contributed by atoms with Gasteiger partial charge in [-0.05, 0) is 60.6 Å². The molecule has 4 rings (SSSR count). The fourth-order valence-electron chi connectivity index (χ4n) is 4.80. The van der Waals surface area contributed by atoms with E-state index >= 15 is 0 Å². The van der Waals surface area contributed by atoms with E-state index in [9.17, 15) is 9.59 Å². The van der Waals surface area contributed by atoms with Gasteiger partial charge >= 0.3 is 0 Å². The molecule has 0 bridgehead atoms. The number of nitrogens with zero attached hydrogens (tertiary/aromatic N) is 1. The van der Waals surface area contributed by atoms with Gasteiger partial charge in [0, 0.05) is 17.8 Å². The molecule has 1 saturated heterocycles. The van der Waals surface area contributed by atoms with E-state index in [1.165, 1.54) is 5.56 Å². The van der Waals surface area contributed by atoms with Crippen molar-refractivity contribution in [2.45, 2.75) is 52.0 Å². The molecule has 4 heteroatoms. The van der Waals surface area contributed by atoms with Gasteiger partial charge in [0.2, 0.25) is 5.91 Å². The Morgan fingerprint density at radius 3 is 2.35 bits per heavy atom. The summed E-state index contributed by atoms with van der Waals surface area (Å²) in [5.74, 6) is -0.394. The maximum Gasteiger partial charge on any atom is 0.254 e. The van der Waals surface area contributed by atoms with Gasteiger partial charge in [0.15, 0.2) is 0 Å². The van der Waals surface area contributed by atoms with Crippen LogP contribution >= 0.6 is 0 Å². The average molecular weight is 455 g/mol. The summed E-state index contributed by atoms with van der Waals surface area (Å²) in [7, 11) is 0. The molecule has 0 saturated carbocycles. The summed E-state index contributed by atoms with van der Waals surface area (Å²) in [5, 5.41) is 3.16. The van der Waals surface area contributed by atoms with Crippen molar-refractivity contribution in [1.29, 1.82) is 0 Å². The first-order valence-electron chi connectivity index (χ1n) is 12.1. The van der Waals surface area contributed by atoms with Crippen molar-refractivity contribution in [2.75, 3.05) is 11.9 Å². The van der Waals surface area contributed by atoms with E-state index in [1.807, 2.05) is 84.6 Å². The third-order valence-electron chi connectivity index (χ3n) is 6.63. The predicted octanol–water partition coefficient (Wildman–Crippen LogP) is 6.52. The minimum Gasteiger partial charge on any atom is -0.331 e. The van der Waals surface area contributed by atoms with Crippen molar-refractivity contribution < 1.29 is 9.59 Å². The molecule has 4 nitrogen and oxygen atoms in total. The second-order valence-corrected chi connectivity index (χ2v) is 10.3. The third-order valence-corrected chi connectivity index (χ3v) is 6.63. The van der Waals surface area contributed by atoms with Crippen LogP contribution in [0.1, 0.15) is 66.7 Å². The van der Waals surface area contributed by atoms with Crippen molar-refractivity contribution in [3.63, 3.8) is 0 Å². The Morgan fingerprint density at radius 2 is 1.65 bits per heavy atom. The van der Waals surface area contributed by atoms with Gasteiger partial charge in [-0.15, -0.1) is 0 Å². The number of likely N-dealkylation sites (tertiary alicyclic amines) is 1. The van der Waals surface area contributed by atoms with Crippen LogP contribution in [0.5, 0.6) is 0 Å². The largest absolute Gasteiger partial charge is 0.331 e. The Hall–Kier alpha value is -3.40. The fourth-order valence-corrected chi connectivity index (χ4v) is 4.80. The number of anilines is 1. The molecule has 2 atom stereocenters. The minimum absolute atomic E-state index is 0.00478. The highest BCUT2D eigenvalue weighted by Crippen LogP contribution is 2.38. The zero-order valence-corrected chi connectivity index (χ0v) is 20.5. The van der Waals surface area contributed by atoms with Crippen LogP contribution in [0.15, 0.2) is 78.9 Å². The first-order valence-corrected chi connectivity index (χ1v) is 12.1. The number of aryl methyl sites for hydroxylation is 1. The van der Waals surface area contributed by atoms with Crippen molar-refractivity contribution >= 4 is 17.5 Å². The van der Waals surface area contributed by atoms with Crippen LogP contribution in [0.4, 0.5) is 5.69 Å². The number of piperidine rings is 1. The normalized spacial score (nSPS) is 18.4. The Balaban J connectivity index is 1.65. The lowest BCUT2D eigenvalue weighted by molar-refractivity contribution is -0.123. The zero-order chi connectivity index (χ0) is 24.3. The zero-order valence-electron chi connectivity index (χ0n) is 20.5. The average Bonchev–Trinajstić information content (AvgIpc) is 2.83. The molecule has 0 spiro atoms. The molecule has 0 unspecified atom stereocenters. The number of rotatable bonds is 4. The maximum absolute atomic E-state index is 13.6. The Kier molecular flexibility index (Phi) is 6.87. The molecule has 176 valence electrons. The molecule has 1 aliphatic heterocycles.